The number of carbonyl (C=O) groups excluding carboxylic acids is 3. The summed E-state index contributed by atoms with van der Waals surface area (Å²) in [4.78, 5) is 60.2. The van der Waals surface area contributed by atoms with Gasteiger partial charge in [-0.15, -0.1) is 23.1 Å². The van der Waals surface area contributed by atoms with Gasteiger partial charge in [0.2, 0.25) is 5.60 Å². The third kappa shape index (κ3) is 4.86. The number of anilines is 1. The third-order valence-electron chi connectivity index (χ3n) is 6.32. The molecule has 1 fully saturated rings. The number of hydrogen-bond acceptors (Lipinski definition) is 11. The van der Waals surface area contributed by atoms with Crippen LogP contribution in [-0.2, 0) is 30.6 Å². The Morgan fingerprint density at radius 1 is 1.35 bits per heavy atom. The summed E-state index contributed by atoms with van der Waals surface area (Å²) in [6.45, 7) is 2.72. The number of carbonyl (C=O) groups is 4. The summed E-state index contributed by atoms with van der Waals surface area (Å²) in [5, 5.41) is 28.6. The lowest BCUT2D eigenvalue weighted by Gasteiger charge is -2.50. The highest BCUT2D eigenvalue weighted by Crippen LogP contribution is 2.40. The molecule has 4 N–H and O–H groups in total. The summed E-state index contributed by atoms with van der Waals surface area (Å²) in [7, 11) is 0. The van der Waals surface area contributed by atoms with Crippen molar-refractivity contribution >= 4 is 63.3 Å². The molecule has 3 aromatic heterocycles. The number of pyridine rings is 1. The molecule has 0 bridgehead atoms. The number of nitrogens with zero attached hydrogens (tertiary/aromatic N) is 5. The Kier molecular flexibility index (Phi) is 6.97. The second-order valence-electron chi connectivity index (χ2n) is 9.41. The molecule has 0 aliphatic carbocycles. The molecule has 5 heterocycles. The number of β-lactam (4-membered cyclic amide) rings is 1. The molecule has 0 radical (unpaired) electrons. The highest BCUT2D eigenvalue weighted by Gasteiger charge is 2.53. The number of aliphatic carboxylic acids is 2. The van der Waals surface area contributed by atoms with Gasteiger partial charge in [0, 0.05) is 22.8 Å². The molecule has 2 amide bonds. The third-order valence-corrected chi connectivity index (χ3v) is 8.33. The van der Waals surface area contributed by atoms with Gasteiger partial charge in [0.25, 0.3) is 17.5 Å². The first-order chi connectivity index (χ1) is 19.0. The fourth-order valence-corrected chi connectivity index (χ4v) is 6.07. The van der Waals surface area contributed by atoms with Gasteiger partial charge in [0.15, 0.2) is 10.8 Å². The lowest BCUT2D eigenvalue weighted by molar-refractivity contribution is -0.510. The van der Waals surface area contributed by atoms with Crippen molar-refractivity contribution < 1.29 is 38.6 Å². The van der Waals surface area contributed by atoms with E-state index >= 15 is 0 Å². The van der Waals surface area contributed by atoms with Crippen LogP contribution in [0.4, 0.5) is 5.13 Å². The molecule has 2 aliphatic rings. The number of oxime groups is 1. The summed E-state index contributed by atoms with van der Waals surface area (Å²) in [5.41, 5.74) is 4.66. The normalized spacial score (nSPS) is 19.3. The van der Waals surface area contributed by atoms with Crippen molar-refractivity contribution in [1.29, 1.82) is 0 Å². The number of nitrogens with one attached hydrogen (secondary N) is 1. The molecular formula is C24H23N7O7S2. The quantitative estimate of drug-likeness (QED) is 0.121. The number of rotatable bonds is 9. The van der Waals surface area contributed by atoms with E-state index in [2.05, 4.69) is 15.5 Å². The fraction of sp³-hybridized carbons (Fsp3) is 0.292. The number of nitrogen functional groups attached to an aromatic ring is 1. The fourth-order valence-electron chi connectivity index (χ4n) is 4.19. The summed E-state index contributed by atoms with van der Waals surface area (Å²) in [6, 6.07) is 4.54. The second-order valence-corrected chi connectivity index (χ2v) is 11.4. The predicted molar refractivity (Wildman–Crippen MR) is 141 cm³/mol. The highest BCUT2D eigenvalue weighted by atomic mass is 32.2. The highest BCUT2D eigenvalue weighted by molar-refractivity contribution is 8.00. The zero-order chi connectivity index (χ0) is 28.8. The molecule has 2 atom stereocenters. The minimum Gasteiger partial charge on any atom is -0.543 e. The number of thioether (sulfide) groups is 1. The number of nitrogens with two attached hydrogens (primary N) is 1. The van der Waals surface area contributed by atoms with Gasteiger partial charge in [-0.3, -0.25) is 14.5 Å². The zero-order valence-corrected chi connectivity index (χ0v) is 22.8. The zero-order valence-electron chi connectivity index (χ0n) is 21.1. The van der Waals surface area contributed by atoms with E-state index < -0.39 is 40.8 Å². The van der Waals surface area contributed by atoms with Crippen molar-refractivity contribution in [3.63, 3.8) is 0 Å². The number of fused-ring (bicyclic) bond motifs is 2. The molecule has 0 aromatic carbocycles. The van der Waals surface area contributed by atoms with Crippen LogP contribution in [0.15, 0.2) is 58.6 Å². The molecule has 0 unspecified atom stereocenters. The first kappa shape index (κ1) is 27.1. The van der Waals surface area contributed by atoms with Crippen LogP contribution in [0.25, 0.3) is 5.65 Å². The van der Waals surface area contributed by atoms with E-state index in [0.29, 0.717) is 5.57 Å². The molecule has 1 saturated heterocycles. The second kappa shape index (κ2) is 10.3. The minimum atomic E-state index is -1.76. The average molecular weight is 586 g/mol. The van der Waals surface area contributed by atoms with Crippen molar-refractivity contribution in [2.24, 2.45) is 5.16 Å². The number of thiazole rings is 1. The number of amides is 2. The smallest absolute Gasteiger partial charge is 0.350 e. The molecule has 2 aliphatic heterocycles. The van der Waals surface area contributed by atoms with Gasteiger partial charge in [-0.25, -0.2) is 18.7 Å². The summed E-state index contributed by atoms with van der Waals surface area (Å²) >= 11 is 2.32. The van der Waals surface area contributed by atoms with Crippen LogP contribution >= 0.6 is 23.1 Å². The van der Waals surface area contributed by atoms with E-state index in [0.717, 1.165) is 21.9 Å². The molecule has 0 spiro atoms. The average Bonchev–Trinajstić information content (AvgIpc) is 3.53. The monoisotopic (exact) mass is 585 g/mol. The van der Waals surface area contributed by atoms with Crippen LogP contribution in [0.1, 0.15) is 19.5 Å². The predicted octanol–water partition coefficient (Wildman–Crippen LogP) is -1.05. The van der Waals surface area contributed by atoms with E-state index in [1.165, 1.54) is 31.0 Å². The van der Waals surface area contributed by atoms with Crippen molar-refractivity contribution in [2.75, 3.05) is 11.5 Å². The van der Waals surface area contributed by atoms with Gasteiger partial charge in [0.1, 0.15) is 36.0 Å². The first-order valence-electron chi connectivity index (χ1n) is 11.8. The molecule has 5 rings (SSSR count). The van der Waals surface area contributed by atoms with E-state index in [1.807, 2.05) is 45.8 Å². The summed E-state index contributed by atoms with van der Waals surface area (Å²) < 4.78 is 3.75. The number of carboxylic acids is 2. The van der Waals surface area contributed by atoms with E-state index in [4.69, 9.17) is 10.6 Å². The Bertz CT molecular complexity index is 1610. The van der Waals surface area contributed by atoms with Crippen molar-refractivity contribution in [1.82, 2.24) is 19.8 Å². The standard InChI is InChI=1S/C24H23N7O7S2/c1-24(2,22(36)37)38-28-15(13-11-40-23(25)26-13)18(32)27-16-19(33)31-17(21(34)35)12(10-39-20(16)31)9-30-8-7-29-6-4-3-5-14(29)30/h3-8,11,16,20H,9-10H2,1-2H3,(H4-,25,26,27,32,34,35,36,37)/b28-15-/t16-,20+/m1/s1. The molecule has 0 saturated carbocycles. The van der Waals surface area contributed by atoms with Gasteiger partial charge in [-0.2, -0.15) is 0 Å². The Labute approximate surface area is 234 Å². The Morgan fingerprint density at radius 3 is 2.80 bits per heavy atom. The van der Waals surface area contributed by atoms with Crippen LogP contribution in [0.3, 0.4) is 0 Å². The lowest BCUT2D eigenvalue weighted by Crippen LogP contribution is -2.71. The van der Waals surface area contributed by atoms with Gasteiger partial charge in [-0.1, -0.05) is 11.2 Å². The number of hydrogen-bond donors (Lipinski definition) is 3. The maximum atomic E-state index is 13.2. The lowest BCUT2D eigenvalue weighted by atomic mass is 10.0. The minimum absolute atomic E-state index is 0.0236. The molecule has 14 nitrogen and oxygen atoms in total. The number of carboxylic acid groups (broad SMARTS) is 2. The van der Waals surface area contributed by atoms with Gasteiger partial charge in [-0.05, 0) is 19.9 Å². The van der Waals surface area contributed by atoms with Gasteiger partial charge in [0.05, 0.1) is 17.9 Å². The SMILES string of the molecule is CC(C)(O/N=C(\C(=O)N[C@@H]1C(=O)N2C(C(=O)[O-])=C(Cn3cc[n+]4ccccc34)CS[C@@H]12)c1csc(N)n1)C(=O)O. The Hall–Kier alpha value is -4.44. The molecule has 3 aromatic rings. The number of aromatic nitrogens is 3. The van der Waals surface area contributed by atoms with Crippen molar-refractivity contribution in [3.05, 3.63) is 59.1 Å². The van der Waals surface area contributed by atoms with Crippen LogP contribution in [0.2, 0.25) is 0 Å². The molecular weight excluding hydrogens is 562 g/mol. The number of imidazole rings is 1. The summed E-state index contributed by atoms with van der Waals surface area (Å²) in [6.07, 6.45) is 5.51. The summed E-state index contributed by atoms with van der Waals surface area (Å²) in [5.74, 6) is -4.04. The maximum absolute atomic E-state index is 13.2. The molecule has 16 heteroatoms. The molecule has 208 valence electrons. The topological polar surface area (TPSA) is 196 Å². The van der Waals surface area contributed by atoms with Gasteiger partial charge < -0.3 is 30.9 Å². The van der Waals surface area contributed by atoms with Crippen molar-refractivity contribution in [3.8, 4) is 0 Å². The molecule has 40 heavy (non-hydrogen) atoms. The van der Waals surface area contributed by atoms with Crippen molar-refractivity contribution in [2.45, 2.75) is 37.4 Å². The van der Waals surface area contributed by atoms with E-state index in [1.54, 1.807) is 0 Å². The van der Waals surface area contributed by atoms with Crippen LogP contribution in [-0.4, -0.2) is 71.8 Å². The Morgan fingerprint density at radius 2 is 2.12 bits per heavy atom. The maximum Gasteiger partial charge on any atom is 0.350 e. The van der Waals surface area contributed by atoms with Crippen LogP contribution < -0.4 is 20.6 Å². The largest absolute Gasteiger partial charge is 0.543 e. The first-order valence-corrected chi connectivity index (χ1v) is 13.8. The van der Waals surface area contributed by atoms with Crippen LogP contribution in [0.5, 0.6) is 0 Å². The van der Waals surface area contributed by atoms with E-state index in [9.17, 15) is 29.4 Å². The van der Waals surface area contributed by atoms with E-state index in [-0.39, 0.29) is 34.5 Å². The van der Waals surface area contributed by atoms with Gasteiger partial charge >= 0.3 is 5.97 Å². The Balaban J connectivity index is 1.37. The van der Waals surface area contributed by atoms with Crippen LogP contribution in [0, 0.1) is 0 Å².